The Morgan fingerprint density at radius 1 is 1.08 bits per heavy atom. The van der Waals surface area contributed by atoms with E-state index in [0.29, 0.717) is 5.56 Å². The monoisotopic (exact) mass is 386 g/mol. The summed E-state index contributed by atoms with van der Waals surface area (Å²) in [6, 6.07) is 6.78. The molecule has 1 unspecified atom stereocenters. The highest BCUT2D eigenvalue weighted by Crippen LogP contribution is 2.17. The summed E-state index contributed by atoms with van der Waals surface area (Å²) < 4.78 is 64.6. The van der Waals surface area contributed by atoms with Crippen molar-refractivity contribution in [1.82, 2.24) is 9.62 Å². The van der Waals surface area contributed by atoms with E-state index in [-0.39, 0.29) is 4.90 Å². The van der Waals surface area contributed by atoms with E-state index in [4.69, 9.17) is 0 Å². The van der Waals surface area contributed by atoms with Gasteiger partial charge in [0, 0.05) is 7.05 Å². The van der Waals surface area contributed by atoms with Crippen molar-refractivity contribution in [3.8, 4) is 0 Å². The largest absolute Gasteiger partial charge is 0.348 e. The molecule has 0 spiro atoms. The molecule has 0 saturated carbocycles. The summed E-state index contributed by atoms with van der Waals surface area (Å²) in [5.41, 5.74) is 0.335. The quantitative estimate of drug-likeness (QED) is 0.830. The molecule has 0 aliphatic rings. The van der Waals surface area contributed by atoms with Crippen LogP contribution in [0.1, 0.15) is 18.5 Å². The average molecular weight is 386 g/mol. The molecule has 140 valence electrons. The van der Waals surface area contributed by atoms with Gasteiger partial charge in [0.05, 0.1) is 17.5 Å². The van der Waals surface area contributed by atoms with Gasteiger partial charge in [-0.05, 0) is 48.9 Å². The van der Waals surface area contributed by atoms with Crippen LogP contribution in [0.25, 0.3) is 0 Å². The molecule has 0 radical (unpaired) electrons. The van der Waals surface area contributed by atoms with Crippen LogP contribution in [0.15, 0.2) is 47.4 Å². The fraction of sp³-hybridized carbons (Fsp3) is 0.235. The first kappa shape index (κ1) is 19.9. The minimum absolute atomic E-state index is 0.150. The van der Waals surface area contributed by atoms with Gasteiger partial charge in [0.2, 0.25) is 15.9 Å². The van der Waals surface area contributed by atoms with Crippen molar-refractivity contribution in [2.75, 3.05) is 13.6 Å². The average Bonchev–Trinajstić information content (AvgIpc) is 2.57. The van der Waals surface area contributed by atoms with E-state index in [2.05, 4.69) is 5.32 Å². The summed E-state index contributed by atoms with van der Waals surface area (Å²) in [5, 5.41) is 2.51. The molecule has 0 fully saturated rings. The van der Waals surface area contributed by atoms with Crippen LogP contribution in [0.5, 0.6) is 0 Å². The van der Waals surface area contributed by atoms with E-state index in [1.807, 2.05) is 0 Å². The number of benzene rings is 2. The molecule has 0 aromatic heterocycles. The lowest BCUT2D eigenvalue weighted by Crippen LogP contribution is -2.39. The summed E-state index contributed by atoms with van der Waals surface area (Å²) in [4.78, 5) is 11.9. The van der Waals surface area contributed by atoms with Crippen LogP contribution >= 0.6 is 0 Å². The highest BCUT2D eigenvalue weighted by Gasteiger charge is 2.23. The zero-order valence-electron chi connectivity index (χ0n) is 14.0. The summed E-state index contributed by atoms with van der Waals surface area (Å²) >= 11 is 0. The first-order valence-electron chi connectivity index (χ1n) is 7.57. The summed E-state index contributed by atoms with van der Waals surface area (Å²) in [5.74, 6) is -3.25. The molecule has 1 N–H and O–H groups in total. The van der Waals surface area contributed by atoms with E-state index in [1.54, 1.807) is 6.92 Å². The summed E-state index contributed by atoms with van der Waals surface area (Å²) in [6.45, 7) is 1.06. The van der Waals surface area contributed by atoms with Crippen molar-refractivity contribution in [2.45, 2.75) is 17.9 Å². The lowest BCUT2D eigenvalue weighted by molar-refractivity contribution is -0.121. The molecular weight excluding hydrogens is 369 g/mol. The third kappa shape index (κ3) is 4.61. The number of nitrogens with one attached hydrogen (secondary N) is 1. The topological polar surface area (TPSA) is 66.5 Å². The van der Waals surface area contributed by atoms with Gasteiger partial charge in [-0.1, -0.05) is 6.07 Å². The molecule has 5 nitrogen and oxygen atoms in total. The zero-order chi connectivity index (χ0) is 19.5. The Bertz CT molecular complexity index is 902. The van der Waals surface area contributed by atoms with Crippen LogP contribution in [-0.4, -0.2) is 32.2 Å². The van der Waals surface area contributed by atoms with Crippen molar-refractivity contribution in [2.24, 2.45) is 0 Å². The maximum Gasteiger partial charge on any atom is 0.243 e. The maximum absolute atomic E-state index is 13.3. The highest BCUT2D eigenvalue weighted by atomic mass is 32.2. The van der Waals surface area contributed by atoms with E-state index in [0.717, 1.165) is 40.7 Å². The summed E-state index contributed by atoms with van der Waals surface area (Å²) in [7, 11) is -2.76. The standard InChI is InChI=1S/C17H17F3N2O3S/c1-11(12-3-8-15(19)16(20)9-12)21-17(23)10-22(2)26(24,25)14-6-4-13(18)5-7-14/h3-9,11H,10H2,1-2H3,(H,21,23). The van der Waals surface area contributed by atoms with E-state index in [1.165, 1.54) is 13.1 Å². The number of halogens is 3. The number of carbonyl (C=O) groups is 1. The minimum atomic E-state index is -3.97. The zero-order valence-corrected chi connectivity index (χ0v) is 14.9. The molecule has 9 heteroatoms. The van der Waals surface area contributed by atoms with Crippen LogP contribution < -0.4 is 5.32 Å². The lowest BCUT2D eigenvalue weighted by atomic mass is 10.1. The van der Waals surface area contributed by atoms with Gasteiger partial charge in [-0.25, -0.2) is 21.6 Å². The molecular formula is C17H17F3N2O3S. The second-order valence-electron chi connectivity index (χ2n) is 5.68. The van der Waals surface area contributed by atoms with Crippen LogP contribution in [-0.2, 0) is 14.8 Å². The molecule has 2 rings (SSSR count). The number of nitrogens with zero attached hydrogens (tertiary/aromatic N) is 1. The molecule has 1 amide bonds. The van der Waals surface area contributed by atoms with E-state index < -0.39 is 46.0 Å². The molecule has 0 heterocycles. The van der Waals surface area contributed by atoms with E-state index in [9.17, 15) is 26.4 Å². The molecule has 2 aromatic carbocycles. The van der Waals surface area contributed by atoms with Gasteiger partial charge >= 0.3 is 0 Å². The van der Waals surface area contributed by atoms with Crippen LogP contribution in [0.2, 0.25) is 0 Å². The van der Waals surface area contributed by atoms with E-state index >= 15 is 0 Å². The summed E-state index contributed by atoms with van der Waals surface area (Å²) in [6.07, 6.45) is 0. The Balaban J connectivity index is 2.04. The van der Waals surface area contributed by atoms with Gasteiger partial charge in [-0.3, -0.25) is 4.79 Å². The van der Waals surface area contributed by atoms with Gasteiger partial charge in [0.1, 0.15) is 5.82 Å². The second kappa shape index (κ2) is 7.88. The molecule has 0 bridgehead atoms. The fourth-order valence-corrected chi connectivity index (χ4v) is 3.35. The Labute approximate surface area is 149 Å². The molecule has 1 atom stereocenters. The van der Waals surface area contributed by atoms with Crippen LogP contribution in [0.3, 0.4) is 0 Å². The number of sulfonamides is 1. The number of rotatable bonds is 6. The minimum Gasteiger partial charge on any atom is -0.348 e. The third-order valence-electron chi connectivity index (χ3n) is 3.71. The normalized spacial score (nSPS) is 12.8. The molecule has 2 aromatic rings. The molecule has 0 aliphatic carbocycles. The first-order valence-corrected chi connectivity index (χ1v) is 9.01. The fourth-order valence-electron chi connectivity index (χ4n) is 2.23. The number of amides is 1. The van der Waals surface area contributed by atoms with Gasteiger partial charge in [-0.2, -0.15) is 4.31 Å². The van der Waals surface area contributed by atoms with Crippen molar-refractivity contribution in [3.05, 3.63) is 65.5 Å². The lowest BCUT2D eigenvalue weighted by Gasteiger charge is -2.19. The molecule has 0 aliphatic heterocycles. The van der Waals surface area contributed by atoms with Crippen molar-refractivity contribution >= 4 is 15.9 Å². The number of carbonyl (C=O) groups excluding carboxylic acids is 1. The SMILES string of the molecule is CC(NC(=O)CN(C)S(=O)(=O)c1ccc(F)cc1)c1ccc(F)c(F)c1. The van der Waals surface area contributed by atoms with Gasteiger partial charge in [-0.15, -0.1) is 0 Å². The van der Waals surface area contributed by atoms with Gasteiger partial charge < -0.3 is 5.32 Å². The Morgan fingerprint density at radius 3 is 2.27 bits per heavy atom. The molecule has 26 heavy (non-hydrogen) atoms. The third-order valence-corrected chi connectivity index (χ3v) is 5.53. The molecule has 0 saturated heterocycles. The van der Waals surface area contributed by atoms with Gasteiger partial charge in [0.25, 0.3) is 0 Å². The Morgan fingerprint density at radius 2 is 1.69 bits per heavy atom. The van der Waals surface area contributed by atoms with Crippen LogP contribution in [0.4, 0.5) is 13.2 Å². The second-order valence-corrected chi connectivity index (χ2v) is 7.72. The number of likely N-dealkylation sites (N-methyl/N-ethyl adjacent to an activating group) is 1. The van der Waals surface area contributed by atoms with Crippen LogP contribution in [0, 0.1) is 17.5 Å². The smallest absolute Gasteiger partial charge is 0.243 e. The highest BCUT2D eigenvalue weighted by molar-refractivity contribution is 7.89. The number of hydrogen-bond donors (Lipinski definition) is 1. The maximum atomic E-state index is 13.3. The number of hydrogen-bond acceptors (Lipinski definition) is 3. The predicted molar refractivity (Wildman–Crippen MR) is 89.1 cm³/mol. The van der Waals surface area contributed by atoms with Crippen molar-refractivity contribution in [3.63, 3.8) is 0 Å². The van der Waals surface area contributed by atoms with Crippen molar-refractivity contribution in [1.29, 1.82) is 0 Å². The first-order chi connectivity index (χ1) is 12.1. The van der Waals surface area contributed by atoms with Crippen molar-refractivity contribution < 1.29 is 26.4 Å². The Hall–Kier alpha value is -2.39. The Kier molecular flexibility index (Phi) is 6.04. The van der Waals surface area contributed by atoms with Gasteiger partial charge in [0.15, 0.2) is 11.6 Å². The predicted octanol–water partition coefficient (Wildman–Crippen LogP) is 2.60.